The molecule has 0 saturated carbocycles. The molecule has 1 aliphatic heterocycles. The van der Waals surface area contributed by atoms with Gasteiger partial charge >= 0.3 is 18.1 Å². The van der Waals surface area contributed by atoms with E-state index in [1.807, 2.05) is 24.3 Å². The number of nitrogens with two attached hydrogens (primary N) is 2. The van der Waals surface area contributed by atoms with E-state index in [1.165, 1.54) is 4.90 Å². The number of halogens is 3. The average molecular weight is 580 g/mol. The van der Waals surface area contributed by atoms with Gasteiger partial charge in [0.05, 0.1) is 5.25 Å². The maximum atomic E-state index is 12.6. The molecule has 2 aliphatic rings. The van der Waals surface area contributed by atoms with Crippen molar-refractivity contribution < 1.29 is 42.6 Å². The standard InChI is InChI=1S/C16H16N2O3.C9H11NOS.C2HF3O2/c17-10-12-5-4-6-13(9-12)16(21)18(11-15(19)20)14-7-2-1-3-8-14;10-9(11)8-5-6-3-1-2-4-7(6)12-8;3-2(4,5)1(6)7/h1-9H,10-11,17H2,(H,19,20);1-4,6-8H,5H2,(H2,10,11);(H,6,7). The number of amides is 2. The minimum atomic E-state index is -5.08. The van der Waals surface area contributed by atoms with Crippen molar-refractivity contribution >= 4 is 41.2 Å². The molecule has 0 spiro atoms. The van der Waals surface area contributed by atoms with Crippen molar-refractivity contribution in [1.82, 2.24) is 0 Å². The fraction of sp³-hybridized carbons (Fsp3) is 0.259. The Bertz CT molecular complexity index is 1230. The number of allylic oxidation sites excluding steroid dienone is 3. The predicted molar refractivity (Wildman–Crippen MR) is 145 cm³/mol. The lowest BCUT2D eigenvalue weighted by Gasteiger charge is -2.21. The lowest BCUT2D eigenvalue weighted by atomic mass is 9.96. The van der Waals surface area contributed by atoms with Crippen LogP contribution in [-0.2, 0) is 20.9 Å². The van der Waals surface area contributed by atoms with Crippen LogP contribution in [0.25, 0.3) is 0 Å². The van der Waals surface area contributed by atoms with Crippen molar-refractivity contribution in [2.45, 2.75) is 29.6 Å². The van der Waals surface area contributed by atoms with Gasteiger partial charge in [-0.25, -0.2) is 4.79 Å². The molecular weight excluding hydrogens is 551 g/mol. The Labute approximate surface area is 232 Å². The van der Waals surface area contributed by atoms with E-state index in [9.17, 15) is 27.6 Å². The Hall–Kier alpha value is -4.10. The molecule has 2 aromatic carbocycles. The molecule has 1 aliphatic carbocycles. The number of thioether (sulfide) groups is 1. The van der Waals surface area contributed by atoms with E-state index in [-0.39, 0.29) is 17.1 Å². The molecule has 1 saturated heterocycles. The Morgan fingerprint density at radius 2 is 1.60 bits per heavy atom. The van der Waals surface area contributed by atoms with Crippen LogP contribution in [0.15, 0.2) is 78.9 Å². The number of alkyl halides is 3. The van der Waals surface area contributed by atoms with Crippen molar-refractivity contribution in [2.75, 3.05) is 11.4 Å². The first kappa shape index (κ1) is 32.1. The maximum absolute atomic E-state index is 12.6. The third-order valence-corrected chi connectivity index (χ3v) is 7.15. The summed E-state index contributed by atoms with van der Waals surface area (Å²) in [6, 6.07) is 15.6. The van der Waals surface area contributed by atoms with Crippen LogP contribution in [-0.4, -0.2) is 57.2 Å². The molecule has 3 unspecified atom stereocenters. The van der Waals surface area contributed by atoms with Crippen LogP contribution < -0.4 is 16.4 Å². The molecule has 1 heterocycles. The summed E-state index contributed by atoms with van der Waals surface area (Å²) in [6.45, 7) is -0.0684. The second kappa shape index (κ2) is 14.9. The summed E-state index contributed by atoms with van der Waals surface area (Å²) < 4.78 is 31.7. The normalized spacial score (nSPS) is 18.8. The molecule has 4 rings (SSSR count). The lowest BCUT2D eigenvalue weighted by molar-refractivity contribution is -0.192. The molecule has 40 heavy (non-hydrogen) atoms. The van der Waals surface area contributed by atoms with Crippen molar-refractivity contribution in [3.63, 3.8) is 0 Å². The fourth-order valence-electron chi connectivity index (χ4n) is 3.68. The van der Waals surface area contributed by atoms with Crippen molar-refractivity contribution in [1.29, 1.82) is 0 Å². The molecule has 3 atom stereocenters. The van der Waals surface area contributed by atoms with Gasteiger partial charge in [-0.05, 0) is 42.2 Å². The number of hydrogen-bond acceptors (Lipinski definition) is 6. The van der Waals surface area contributed by atoms with Crippen molar-refractivity contribution in [3.8, 4) is 0 Å². The number of hydrogen-bond donors (Lipinski definition) is 4. The number of carboxylic acids is 2. The molecule has 0 radical (unpaired) electrons. The van der Waals surface area contributed by atoms with E-state index in [0.29, 0.717) is 29.0 Å². The average Bonchev–Trinajstić information content (AvgIpc) is 3.37. The summed E-state index contributed by atoms with van der Waals surface area (Å²) >= 11 is 1.69. The van der Waals surface area contributed by atoms with Crippen LogP contribution in [0.2, 0.25) is 0 Å². The van der Waals surface area contributed by atoms with Crippen LogP contribution in [0.3, 0.4) is 0 Å². The Balaban J connectivity index is 0.000000247. The monoisotopic (exact) mass is 579 g/mol. The molecular formula is C27H28F3N3O6S. The van der Waals surface area contributed by atoms with Crippen LogP contribution in [0, 0.1) is 5.92 Å². The van der Waals surface area contributed by atoms with Crippen LogP contribution in [0.1, 0.15) is 22.3 Å². The van der Waals surface area contributed by atoms with Gasteiger partial charge in [0.25, 0.3) is 5.91 Å². The molecule has 1 fully saturated rings. The van der Waals surface area contributed by atoms with E-state index >= 15 is 0 Å². The third kappa shape index (κ3) is 9.89. The topological polar surface area (TPSA) is 164 Å². The number of primary amides is 1. The van der Waals surface area contributed by atoms with Gasteiger partial charge < -0.3 is 21.7 Å². The third-order valence-electron chi connectivity index (χ3n) is 5.58. The second-order valence-electron chi connectivity index (χ2n) is 8.49. The van der Waals surface area contributed by atoms with Gasteiger partial charge in [0, 0.05) is 23.0 Å². The Morgan fingerprint density at radius 3 is 2.12 bits per heavy atom. The number of benzene rings is 2. The number of rotatable bonds is 6. The summed E-state index contributed by atoms with van der Waals surface area (Å²) in [5, 5.41) is 16.7. The van der Waals surface area contributed by atoms with Crippen LogP contribution in [0.5, 0.6) is 0 Å². The van der Waals surface area contributed by atoms with Gasteiger partial charge in [-0.1, -0.05) is 54.6 Å². The zero-order chi connectivity index (χ0) is 29.9. The van der Waals surface area contributed by atoms with E-state index in [0.717, 1.165) is 12.0 Å². The largest absolute Gasteiger partial charge is 0.490 e. The number of para-hydroxylation sites is 1. The highest BCUT2D eigenvalue weighted by molar-refractivity contribution is 8.01. The molecule has 0 aromatic heterocycles. The quantitative estimate of drug-likeness (QED) is 0.403. The van der Waals surface area contributed by atoms with Crippen LogP contribution in [0.4, 0.5) is 18.9 Å². The SMILES string of the molecule is NC(=O)C1CC2C=CC=CC2S1.NCc1cccc(C(=O)N(CC(=O)O)c2ccccc2)c1.O=C(O)C(F)(F)F. The van der Waals surface area contributed by atoms with E-state index < -0.39 is 24.7 Å². The zero-order valence-electron chi connectivity index (χ0n) is 21.0. The number of fused-ring (bicyclic) bond motifs is 1. The number of anilines is 1. The first-order valence-corrected chi connectivity index (χ1v) is 12.7. The van der Waals surface area contributed by atoms with Crippen molar-refractivity contribution in [3.05, 3.63) is 90.0 Å². The highest BCUT2D eigenvalue weighted by Crippen LogP contribution is 2.41. The first-order chi connectivity index (χ1) is 18.8. The number of aliphatic carboxylic acids is 2. The van der Waals surface area contributed by atoms with Gasteiger partial charge in [0.2, 0.25) is 5.91 Å². The fourth-order valence-corrected chi connectivity index (χ4v) is 5.11. The molecule has 0 bridgehead atoms. The van der Waals surface area contributed by atoms with Gasteiger partial charge in [-0.3, -0.25) is 19.3 Å². The molecule has 2 amide bonds. The molecule has 214 valence electrons. The molecule has 2 aromatic rings. The Kier molecular flexibility index (Phi) is 12.0. The number of carbonyl (C=O) groups is 4. The number of carboxylic acid groups (broad SMARTS) is 2. The zero-order valence-corrected chi connectivity index (χ0v) is 21.8. The summed E-state index contributed by atoms with van der Waals surface area (Å²) in [5.74, 6) is -3.83. The smallest absolute Gasteiger partial charge is 0.480 e. The predicted octanol–water partition coefficient (Wildman–Crippen LogP) is 3.60. The minimum Gasteiger partial charge on any atom is -0.480 e. The Morgan fingerprint density at radius 1 is 0.975 bits per heavy atom. The van der Waals surface area contributed by atoms with E-state index in [2.05, 4.69) is 12.2 Å². The molecule has 13 heteroatoms. The highest BCUT2D eigenvalue weighted by Gasteiger charge is 2.38. The molecule has 6 N–H and O–H groups in total. The van der Waals surface area contributed by atoms with Crippen LogP contribution >= 0.6 is 11.8 Å². The van der Waals surface area contributed by atoms with Gasteiger partial charge in [0.1, 0.15) is 6.54 Å². The summed E-state index contributed by atoms with van der Waals surface area (Å²) in [4.78, 5) is 44.6. The highest BCUT2D eigenvalue weighted by atomic mass is 32.2. The molecule has 9 nitrogen and oxygen atoms in total. The van der Waals surface area contributed by atoms with Gasteiger partial charge in [0.15, 0.2) is 0 Å². The van der Waals surface area contributed by atoms with Crippen molar-refractivity contribution in [2.24, 2.45) is 17.4 Å². The van der Waals surface area contributed by atoms with Gasteiger partial charge in [-0.2, -0.15) is 13.2 Å². The summed E-state index contributed by atoms with van der Waals surface area (Å²) in [5.41, 5.74) is 12.6. The second-order valence-corrected chi connectivity index (χ2v) is 9.87. The first-order valence-electron chi connectivity index (χ1n) is 11.8. The van der Waals surface area contributed by atoms with Gasteiger partial charge in [-0.15, -0.1) is 11.8 Å². The van der Waals surface area contributed by atoms with E-state index in [1.54, 1.807) is 54.2 Å². The number of nitrogens with zero attached hydrogens (tertiary/aromatic N) is 1. The summed E-state index contributed by atoms with van der Waals surface area (Å²) in [6.07, 6.45) is 4.23. The van der Waals surface area contributed by atoms with E-state index in [4.69, 9.17) is 26.5 Å². The lowest BCUT2D eigenvalue weighted by Crippen LogP contribution is -2.35. The minimum absolute atomic E-state index is 0.0207. The number of carbonyl (C=O) groups excluding carboxylic acids is 2. The summed E-state index contributed by atoms with van der Waals surface area (Å²) in [7, 11) is 0. The maximum Gasteiger partial charge on any atom is 0.490 e.